The number of ether oxygens (including phenoxy) is 1. The molecule has 2 amide bonds. The number of alkyl halides is 3. The second-order valence-electron chi connectivity index (χ2n) is 3.21. The van der Waals surface area contributed by atoms with Crippen molar-refractivity contribution in [3.8, 4) is 5.75 Å². The SMILES string of the molecule is NC(=O)NN=Cc1cccc(OCC(F)(F)F)c1. The third-order valence-electron chi connectivity index (χ3n) is 1.65. The second-order valence-corrected chi connectivity index (χ2v) is 3.21. The Bertz CT molecular complexity index is 446. The number of benzene rings is 1. The average molecular weight is 261 g/mol. The number of hydrogen-bond donors (Lipinski definition) is 2. The van der Waals surface area contributed by atoms with Crippen LogP contribution < -0.4 is 15.9 Å². The van der Waals surface area contributed by atoms with Crippen molar-refractivity contribution in [1.82, 2.24) is 5.43 Å². The Hall–Kier alpha value is -2.25. The van der Waals surface area contributed by atoms with Crippen LogP contribution in [0.3, 0.4) is 0 Å². The summed E-state index contributed by atoms with van der Waals surface area (Å²) in [6.45, 7) is -1.37. The normalized spacial score (nSPS) is 11.5. The first-order valence-corrected chi connectivity index (χ1v) is 4.75. The molecule has 0 heterocycles. The quantitative estimate of drug-likeness (QED) is 0.638. The molecule has 0 aliphatic carbocycles. The van der Waals surface area contributed by atoms with E-state index in [1.807, 2.05) is 5.43 Å². The summed E-state index contributed by atoms with van der Waals surface area (Å²) in [5.74, 6) is 0.0513. The largest absolute Gasteiger partial charge is 0.484 e. The van der Waals surface area contributed by atoms with Crippen LogP contribution in [0.2, 0.25) is 0 Å². The predicted molar refractivity (Wildman–Crippen MR) is 58.3 cm³/mol. The zero-order valence-electron chi connectivity index (χ0n) is 9.07. The summed E-state index contributed by atoms with van der Waals surface area (Å²) in [5, 5.41) is 3.46. The standard InChI is InChI=1S/C10H10F3N3O2/c11-10(12,13)6-18-8-3-1-2-7(4-8)5-15-16-9(14)17/h1-5H,6H2,(H3,14,16,17). The third-order valence-corrected chi connectivity index (χ3v) is 1.65. The van der Waals surface area contributed by atoms with Crippen molar-refractivity contribution in [2.45, 2.75) is 6.18 Å². The molecule has 0 bridgehead atoms. The molecule has 1 aromatic carbocycles. The van der Waals surface area contributed by atoms with Gasteiger partial charge in [0.25, 0.3) is 0 Å². The lowest BCUT2D eigenvalue weighted by molar-refractivity contribution is -0.153. The van der Waals surface area contributed by atoms with E-state index in [1.165, 1.54) is 24.4 Å². The first-order valence-electron chi connectivity index (χ1n) is 4.75. The van der Waals surface area contributed by atoms with E-state index in [9.17, 15) is 18.0 Å². The highest BCUT2D eigenvalue weighted by Crippen LogP contribution is 2.18. The lowest BCUT2D eigenvalue weighted by Crippen LogP contribution is -2.24. The Morgan fingerprint density at radius 1 is 1.50 bits per heavy atom. The van der Waals surface area contributed by atoms with E-state index >= 15 is 0 Å². The monoisotopic (exact) mass is 261 g/mol. The van der Waals surface area contributed by atoms with E-state index in [0.717, 1.165) is 0 Å². The number of nitrogens with one attached hydrogen (secondary N) is 1. The summed E-state index contributed by atoms with van der Waals surface area (Å²) < 4.78 is 40.3. The number of hydrogen-bond acceptors (Lipinski definition) is 3. The maximum absolute atomic E-state index is 11.9. The highest BCUT2D eigenvalue weighted by Gasteiger charge is 2.28. The fraction of sp³-hybridized carbons (Fsp3) is 0.200. The van der Waals surface area contributed by atoms with Gasteiger partial charge in [-0.15, -0.1) is 0 Å². The Morgan fingerprint density at radius 2 is 2.22 bits per heavy atom. The van der Waals surface area contributed by atoms with Crippen LogP contribution in [-0.4, -0.2) is 25.0 Å². The van der Waals surface area contributed by atoms with Gasteiger partial charge >= 0.3 is 12.2 Å². The highest BCUT2D eigenvalue weighted by molar-refractivity contribution is 5.81. The van der Waals surface area contributed by atoms with E-state index < -0.39 is 18.8 Å². The van der Waals surface area contributed by atoms with Gasteiger partial charge in [-0.05, 0) is 17.7 Å². The van der Waals surface area contributed by atoms with Gasteiger partial charge in [0.2, 0.25) is 0 Å². The molecule has 0 aliphatic rings. The van der Waals surface area contributed by atoms with Gasteiger partial charge in [-0.3, -0.25) is 0 Å². The molecule has 3 N–H and O–H groups in total. The Morgan fingerprint density at radius 3 is 2.83 bits per heavy atom. The van der Waals surface area contributed by atoms with Gasteiger partial charge in [-0.1, -0.05) is 12.1 Å². The first kappa shape index (κ1) is 13.8. The number of carbonyl (C=O) groups is 1. The lowest BCUT2D eigenvalue weighted by Gasteiger charge is -2.09. The van der Waals surface area contributed by atoms with Gasteiger partial charge in [-0.25, -0.2) is 10.2 Å². The van der Waals surface area contributed by atoms with E-state index in [1.54, 1.807) is 6.07 Å². The summed E-state index contributed by atoms with van der Waals surface area (Å²) in [6.07, 6.45) is -3.16. The van der Waals surface area contributed by atoms with Crippen molar-refractivity contribution in [3.05, 3.63) is 29.8 Å². The Kier molecular flexibility index (Phi) is 4.52. The number of nitrogens with two attached hydrogens (primary N) is 1. The summed E-state index contributed by atoms with van der Waals surface area (Å²) >= 11 is 0. The number of nitrogens with zero attached hydrogens (tertiary/aromatic N) is 1. The second kappa shape index (κ2) is 5.89. The van der Waals surface area contributed by atoms with Gasteiger partial charge in [0.05, 0.1) is 6.21 Å². The number of halogens is 3. The average Bonchev–Trinajstić information content (AvgIpc) is 2.26. The molecule has 0 unspecified atom stereocenters. The molecule has 0 fully saturated rings. The van der Waals surface area contributed by atoms with Crippen LogP contribution in [0.1, 0.15) is 5.56 Å². The summed E-state index contributed by atoms with van der Waals surface area (Å²) in [7, 11) is 0. The van der Waals surface area contributed by atoms with Crippen molar-refractivity contribution in [1.29, 1.82) is 0 Å². The molecule has 18 heavy (non-hydrogen) atoms. The minimum Gasteiger partial charge on any atom is -0.484 e. The summed E-state index contributed by atoms with van der Waals surface area (Å²) in [6, 6.07) is 4.96. The number of primary amides is 1. The molecular weight excluding hydrogens is 251 g/mol. The van der Waals surface area contributed by atoms with Crippen LogP contribution in [0.5, 0.6) is 5.75 Å². The van der Waals surface area contributed by atoms with Gasteiger partial charge in [0.1, 0.15) is 5.75 Å². The van der Waals surface area contributed by atoms with Crippen LogP contribution in [0.4, 0.5) is 18.0 Å². The molecule has 1 rings (SSSR count). The van der Waals surface area contributed by atoms with Gasteiger partial charge in [0.15, 0.2) is 6.61 Å². The van der Waals surface area contributed by atoms with Gasteiger partial charge in [0, 0.05) is 0 Å². The molecule has 98 valence electrons. The molecule has 0 radical (unpaired) electrons. The van der Waals surface area contributed by atoms with Crippen LogP contribution in [-0.2, 0) is 0 Å². The topological polar surface area (TPSA) is 76.7 Å². The van der Waals surface area contributed by atoms with Crippen molar-refractivity contribution in [3.63, 3.8) is 0 Å². The number of hydrazone groups is 1. The van der Waals surface area contributed by atoms with Crippen molar-refractivity contribution >= 4 is 12.2 Å². The molecule has 1 aromatic rings. The molecule has 0 aliphatic heterocycles. The Labute approximate surface area is 100 Å². The fourth-order valence-electron chi connectivity index (χ4n) is 1.02. The van der Waals surface area contributed by atoms with Gasteiger partial charge in [-0.2, -0.15) is 18.3 Å². The zero-order valence-corrected chi connectivity index (χ0v) is 9.07. The van der Waals surface area contributed by atoms with E-state index in [-0.39, 0.29) is 5.75 Å². The van der Waals surface area contributed by atoms with Crippen LogP contribution in [0, 0.1) is 0 Å². The molecular formula is C10H10F3N3O2. The van der Waals surface area contributed by atoms with Crippen molar-refractivity contribution in [2.75, 3.05) is 6.61 Å². The lowest BCUT2D eigenvalue weighted by atomic mass is 10.2. The van der Waals surface area contributed by atoms with Crippen LogP contribution in [0.15, 0.2) is 29.4 Å². The van der Waals surface area contributed by atoms with E-state index in [2.05, 4.69) is 9.84 Å². The van der Waals surface area contributed by atoms with E-state index in [0.29, 0.717) is 5.56 Å². The summed E-state index contributed by atoms with van der Waals surface area (Å²) in [5.41, 5.74) is 7.19. The van der Waals surface area contributed by atoms with Crippen LogP contribution >= 0.6 is 0 Å². The molecule has 0 saturated heterocycles. The molecule has 8 heteroatoms. The number of carbonyl (C=O) groups excluding carboxylic acids is 1. The van der Waals surface area contributed by atoms with Crippen molar-refractivity contribution < 1.29 is 22.7 Å². The smallest absolute Gasteiger partial charge is 0.422 e. The minimum absolute atomic E-state index is 0.0513. The van der Waals surface area contributed by atoms with Crippen molar-refractivity contribution in [2.24, 2.45) is 10.8 Å². The van der Waals surface area contributed by atoms with Crippen LogP contribution in [0.25, 0.3) is 0 Å². The minimum atomic E-state index is -4.39. The first-order chi connectivity index (χ1) is 8.37. The predicted octanol–water partition coefficient (Wildman–Crippen LogP) is 1.63. The molecule has 0 atom stereocenters. The maximum Gasteiger partial charge on any atom is 0.422 e. The third kappa shape index (κ3) is 5.73. The number of urea groups is 1. The van der Waals surface area contributed by atoms with Gasteiger partial charge < -0.3 is 10.5 Å². The van der Waals surface area contributed by atoms with E-state index in [4.69, 9.17) is 5.73 Å². The molecule has 0 aromatic heterocycles. The summed E-state index contributed by atoms with van der Waals surface area (Å²) in [4.78, 5) is 10.3. The highest BCUT2D eigenvalue weighted by atomic mass is 19.4. The fourth-order valence-corrected chi connectivity index (χ4v) is 1.02. The molecule has 0 spiro atoms. The molecule has 0 saturated carbocycles. The zero-order chi connectivity index (χ0) is 13.6. The Balaban J connectivity index is 2.62. The number of amides is 2. The molecule has 5 nitrogen and oxygen atoms in total. The maximum atomic E-state index is 11.9. The number of rotatable bonds is 4.